The molecule has 1 aliphatic rings. The van der Waals surface area contributed by atoms with Crippen LogP contribution in [0.15, 0.2) is 15.1 Å². The summed E-state index contributed by atoms with van der Waals surface area (Å²) in [7, 11) is 0. The molecule has 0 aromatic rings. The molecule has 0 saturated heterocycles. The Morgan fingerprint density at radius 3 is 1.25 bits per heavy atom. The van der Waals surface area contributed by atoms with Gasteiger partial charge in [0, 0.05) is 0 Å². The second kappa shape index (κ2) is 3.42. The molecule has 0 aliphatic carbocycles. The summed E-state index contributed by atoms with van der Waals surface area (Å²) in [6.45, 7) is 0. The summed E-state index contributed by atoms with van der Waals surface area (Å²) in [6.07, 6.45) is 0. The van der Waals surface area contributed by atoms with E-state index in [9.17, 15) is 0 Å². The Morgan fingerprint density at radius 2 is 1.00 bits per heavy atom. The van der Waals surface area contributed by atoms with Crippen molar-refractivity contribution in [2.45, 2.75) is 9.26 Å². The predicted octanol–water partition coefficient (Wildman–Crippen LogP) is 1.52. The zero-order valence-electron chi connectivity index (χ0n) is 5.20. The zero-order chi connectivity index (χ0) is 5.98. The molecular weight excluding hydrogens is 490 g/mol. The van der Waals surface area contributed by atoms with Gasteiger partial charge in [0.25, 0.3) is 0 Å². The molecule has 0 aromatic heterocycles. The van der Waals surface area contributed by atoms with Gasteiger partial charge >= 0.3 is 67.9 Å². The molecule has 0 radical (unpaired) electrons. The Morgan fingerprint density at radius 1 is 0.750 bits per heavy atom. The van der Waals surface area contributed by atoms with E-state index >= 15 is 0 Å². The van der Waals surface area contributed by atoms with Crippen molar-refractivity contribution in [1.82, 2.24) is 0 Å². The van der Waals surface area contributed by atoms with E-state index in [0.29, 0.717) is 0 Å². The van der Waals surface area contributed by atoms with Crippen LogP contribution in [0.5, 0.6) is 0 Å². The second-order valence-electron chi connectivity index (χ2n) is 1.93. The molecule has 0 atom stereocenters. The minimum atomic E-state index is -0.981. The number of hydrogen-bond donors (Lipinski definition) is 0. The van der Waals surface area contributed by atoms with Gasteiger partial charge in [-0.25, -0.2) is 0 Å². The van der Waals surface area contributed by atoms with E-state index in [1.165, 1.54) is 0 Å². The van der Waals surface area contributed by atoms with Crippen molar-refractivity contribution in [2.75, 3.05) is 0 Å². The number of rotatable bonds is 0. The third-order valence-electron chi connectivity index (χ3n) is 1.07. The summed E-state index contributed by atoms with van der Waals surface area (Å²) in [5.74, 6) is 0. The van der Waals surface area contributed by atoms with Crippen LogP contribution in [0.4, 0.5) is 0 Å². The summed E-state index contributed by atoms with van der Waals surface area (Å²) in [6, 6.07) is 0. The van der Waals surface area contributed by atoms with E-state index < -0.39 is 43.5 Å². The first-order chi connectivity index (χ1) is 3.79. The fourth-order valence-corrected chi connectivity index (χ4v) is 33.3. The average Bonchev–Trinajstić information content (AvgIpc) is 1.77. The molecule has 1 heterocycles. The Kier molecular flexibility index (Phi) is 3.15. The molecule has 44 valence electrons. The minimum absolute atomic E-state index is 0.981. The van der Waals surface area contributed by atoms with Gasteiger partial charge in [-0.05, 0) is 0 Å². The van der Waals surface area contributed by atoms with Crippen molar-refractivity contribution in [3.63, 3.8) is 0 Å². The van der Waals surface area contributed by atoms with Crippen LogP contribution in [0.2, 0.25) is 9.26 Å². The molecule has 0 unspecified atom stereocenters. The monoisotopic (exact) mass is 500 g/mol. The molecule has 0 bridgehead atoms. The average molecular weight is 500 g/mol. The quantitative estimate of drug-likeness (QED) is 0.443. The first-order valence-corrected chi connectivity index (χ1v) is 17.6. The van der Waals surface area contributed by atoms with Gasteiger partial charge in [0.05, 0.1) is 0 Å². The van der Waals surface area contributed by atoms with Gasteiger partial charge in [-0.15, -0.1) is 0 Å². The van der Waals surface area contributed by atoms with Crippen LogP contribution in [-0.2, 0) is 0 Å². The molecule has 1 aliphatic heterocycles. The van der Waals surface area contributed by atoms with Crippen molar-refractivity contribution >= 4 is 43.5 Å². The fourth-order valence-electron chi connectivity index (χ4n) is 0.520. The van der Waals surface area contributed by atoms with E-state index in [1.807, 2.05) is 0 Å². The molecule has 0 nitrogen and oxygen atoms in total. The fraction of sp³-hybridized carbons (Fsp3) is 0.333. The molecule has 0 aromatic carbocycles. The van der Waals surface area contributed by atoms with E-state index in [0.717, 1.165) is 0 Å². The molecule has 8 heavy (non-hydrogen) atoms. The van der Waals surface area contributed by atoms with Gasteiger partial charge in [-0.3, -0.25) is 0 Å². The maximum absolute atomic E-state index is 2.53. The predicted molar refractivity (Wildman–Crippen MR) is 41.5 cm³/mol. The molecule has 0 N–H and O–H groups in total. The Balaban J connectivity index is 2.54. The number of hydrogen-bond acceptors (Lipinski definition) is 0. The summed E-state index contributed by atoms with van der Waals surface area (Å²) < 4.78 is 15.0. The van der Waals surface area contributed by atoms with E-state index in [4.69, 9.17) is 0 Å². The third-order valence-corrected chi connectivity index (χ3v) is 18.5. The van der Waals surface area contributed by atoms with Crippen molar-refractivity contribution in [2.24, 2.45) is 0 Å². The Hall–Kier alpha value is 1.25. The van der Waals surface area contributed by atoms with Crippen molar-refractivity contribution in [3.8, 4) is 0 Å². The topological polar surface area (TPSA) is 0 Å². The molecule has 2 heteroatoms. The van der Waals surface area contributed by atoms with Crippen LogP contribution >= 0.6 is 0 Å². The van der Waals surface area contributed by atoms with Crippen LogP contribution < -0.4 is 0 Å². The normalized spacial score (nSPS) is 22.2. The van der Waals surface area contributed by atoms with E-state index in [-0.39, 0.29) is 0 Å². The van der Waals surface area contributed by atoms with Crippen LogP contribution in [0.1, 0.15) is 0 Å². The van der Waals surface area contributed by atoms with E-state index in [1.54, 1.807) is 0 Å². The zero-order valence-corrected chi connectivity index (χ0v) is 12.2. The van der Waals surface area contributed by atoms with Crippen LogP contribution in [-0.4, -0.2) is 43.5 Å². The SMILES string of the molecule is [CH3][Bi]1[CH]=[CH][Bi]([CH3])[CH]=[CH]1. The van der Waals surface area contributed by atoms with Crippen molar-refractivity contribution in [1.29, 1.82) is 0 Å². The second-order valence-corrected chi connectivity index (χ2v) is 16.9. The standard InChI is InChI=1S/2C2H2.2CH3.2Bi/c2*1-2;;;;/h2*1-2H;2*1H3;;. The molecule has 1 rings (SSSR count). The van der Waals surface area contributed by atoms with Crippen LogP contribution in [0, 0.1) is 0 Å². The van der Waals surface area contributed by atoms with Crippen molar-refractivity contribution < 1.29 is 0 Å². The van der Waals surface area contributed by atoms with Gasteiger partial charge in [-0.1, -0.05) is 0 Å². The molecule has 0 fully saturated rings. The first-order valence-electron chi connectivity index (χ1n) is 2.59. The Labute approximate surface area is 67.0 Å². The summed E-state index contributed by atoms with van der Waals surface area (Å²) in [5.41, 5.74) is 0. The molecule has 0 amide bonds. The maximum atomic E-state index is 2.53. The van der Waals surface area contributed by atoms with Gasteiger partial charge < -0.3 is 0 Å². The van der Waals surface area contributed by atoms with Crippen LogP contribution in [0.3, 0.4) is 0 Å². The van der Waals surface area contributed by atoms with Gasteiger partial charge in [0.1, 0.15) is 0 Å². The van der Waals surface area contributed by atoms with E-state index in [2.05, 4.69) is 24.4 Å². The first kappa shape index (κ1) is 7.35. The van der Waals surface area contributed by atoms with Crippen LogP contribution in [0.25, 0.3) is 0 Å². The summed E-state index contributed by atoms with van der Waals surface area (Å²) in [4.78, 5) is 0. The molecule has 0 saturated carbocycles. The third kappa shape index (κ3) is 2.24. The van der Waals surface area contributed by atoms with Gasteiger partial charge in [-0.2, -0.15) is 0 Å². The Bertz CT molecular complexity index is 98.5. The van der Waals surface area contributed by atoms with Gasteiger partial charge in [0.15, 0.2) is 0 Å². The van der Waals surface area contributed by atoms with Gasteiger partial charge in [0.2, 0.25) is 0 Å². The summed E-state index contributed by atoms with van der Waals surface area (Å²) in [5, 5.41) is 0. The van der Waals surface area contributed by atoms with Crippen molar-refractivity contribution in [3.05, 3.63) is 15.1 Å². The molecular formula is C6H10Bi2. The summed E-state index contributed by atoms with van der Waals surface area (Å²) >= 11 is -1.96. The molecule has 0 spiro atoms.